The fourth-order valence-corrected chi connectivity index (χ4v) is 2.16. The molecular formula is C19H24N2O3. The average Bonchev–Trinajstić information content (AvgIpc) is 2.46. The van der Waals surface area contributed by atoms with E-state index in [4.69, 9.17) is 9.47 Å². The lowest BCUT2D eigenvalue weighted by atomic mass is 10.2. The van der Waals surface area contributed by atoms with Gasteiger partial charge in [0.25, 0.3) is 0 Å². The molecule has 0 aliphatic rings. The summed E-state index contributed by atoms with van der Waals surface area (Å²) in [4.78, 5) is 18.5. The van der Waals surface area contributed by atoms with Crippen LogP contribution in [0.15, 0.2) is 42.6 Å². The van der Waals surface area contributed by atoms with E-state index in [1.807, 2.05) is 65.0 Å². The summed E-state index contributed by atoms with van der Waals surface area (Å²) in [6, 6.07) is 11.1. The van der Waals surface area contributed by atoms with Crippen molar-refractivity contribution in [3.63, 3.8) is 0 Å². The summed E-state index contributed by atoms with van der Waals surface area (Å²) in [5.41, 5.74) is 1.05. The van der Waals surface area contributed by atoms with Gasteiger partial charge in [-0.25, -0.2) is 14.7 Å². The number of rotatable bonds is 4. The highest BCUT2D eigenvalue weighted by atomic mass is 16.6. The maximum absolute atomic E-state index is 12.8. The summed E-state index contributed by atoms with van der Waals surface area (Å²) in [6.45, 7) is 9.93. The number of nitrogens with zero attached hydrogens (tertiary/aromatic N) is 2. The van der Waals surface area contributed by atoms with Gasteiger partial charge in [-0.2, -0.15) is 0 Å². The second-order valence-electron chi connectivity index (χ2n) is 6.44. The lowest BCUT2D eigenvalue weighted by molar-refractivity contribution is 0.0598. The molecule has 0 bridgehead atoms. The number of aryl methyl sites for hydroxylation is 1. The number of pyridine rings is 1. The lowest BCUT2D eigenvalue weighted by Gasteiger charge is -2.27. The molecule has 0 N–H and O–H groups in total. The van der Waals surface area contributed by atoms with Gasteiger partial charge in [-0.15, -0.1) is 0 Å². The zero-order valence-electron chi connectivity index (χ0n) is 14.9. The van der Waals surface area contributed by atoms with Gasteiger partial charge in [-0.1, -0.05) is 6.07 Å². The van der Waals surface area contributed by atoms with Crippen LogP contribution in [-0.4, -0.2) is 23.3 Å². The summed E-state index contributed by atoms with van der Waals surface area (Å²) >= 11 is 0. The van der Waals surface area contributed by atoms with Crippen LogP contribution in [0.3, 0.4) is 0 Å². The summed E-state index contributed by atoms with van der Waals surface area (Å²) in [5, 5.41) is 0. The smallest absolute Gasteiger partial charge is 0.420 e. The minimum Gasteiger partial charge on any atom is -0.494 e. The van der Waals surface area contributed by atoms with Crippen molar-refractivity contribution < 1.29 is 14.3 Å². The van der Waals surface area contributed by atoms with Crippen molar-refractivity contribution in [2.24, 2.45) is 0 Å². The number of hydrogen-bond acceptors (Lipinski definition) is 4. The molecular weight excluding hydrogens is 304 g/mol. The molecule has 1 heterocycles. The minimum absolute atomic E-state index is 0.478. The minimum atomic E-state index is -0.601. The van der Waals surface area contributed by atoms with Crippen molar-refractivity contribution in [3.8, 4) is 5.75 Å². The highest BCUT2D eigenvalue weighted by Crippen LogP contribution is 2.29. The van der Waals surface area contributed by atoms with Crippen LogP contribution in [0.5, 0.6) is 5.75 Å². The van der Waals surface area contributed by atoms with Crippen molar-refractivity contribution in [2.75, 3.05) is 11.5 Å². The Morgan fingerprint density at radius 2 is 1.96 bits per heavy atom. The third-order valence-electron chi connectivity index (χ3n) is 3.09. The highest BCUT2D eigenvalue weighted by molar-refractivity contribution is 5.95. The molecule has 2 aromatic rings. The van der Waals surface area contributed by atoms with Crippen molar-refractivity contribution in [3.05, 3.63) is 48.2 Å². The first-order valence-electron chi connectivity index (χ1n) is 7.99. The molecule has 1 aromatic carbocycles. The average molecular weight is 328 g/mol. The summed E-state index contributed by atoms with van der Waals surface area (Å²) in [5.74, 6) is 1.20. The van der Waals surface area contributed by atoms with Gasteiger partial charge in [0.1, 0.15) is 17.2 Å². The SMILES string of the molecule is CCOc1cccc(N(C(=O)OC(C)(C)C)c2cc(C)ccn2)c1. The summed E-state index contributed by atoms with van der Waals surface area (Å²) < 4.78 is 11.1. The standard InChI is InChI=1S/C19H24N2O3/c1-6-23-16-9-7-8-15(13-16)21(18(22)24-19(3,4)5)17-12-14(2)10-11-20-17/h7-13H,6H2,1-5H3. The van der Waals surface area contributed by atoms with E-state index in [2.05, 4.69) is 4.98 Å². The normalized spacial score (nSPS) is 11.0. The maximum atomic E-state index is 12.8. The largest absolute Gasteiger partial charge is 0.494 e. The molecule has 128 valence electrons. The van der Waals surface area contributed by atoms with E-state index >= 15 is 0 Å². The van der Waals surface area contributed by atoms with E-state index in [0.29, 0.717) is 23.9 Å². The number of amides is 1. The van der Waals surface area contributed by atoms with E-state index in [1.54, 1.807) is 12.3 Å². The summed E-state index contributed by atoms with van der Waals surface area (Å²) in [7, 11) is 0. The monoisotopic (exact) mass is 328 g/mol. The van der Waals surface area contributed by atoms with Crippen LogP contribution >= 0.6 is 0 Å². The van der Waals surface area contributed by atoms with Gasteiger partial charge >= 0.3 is 6.09 Å². The Labute approximate surface area is 143 Å². The van der Waals surface area contributed by atoms with Crippen LogP contribution in [0.25, 0.3) is 0 Å². The Kier molecular flexibility index (Phi) is 5.44. The molecule has 2 rings (SSSR count). The lowest BCUT2D eigenvalue weighted by Crippen LogP contribution is -2.34. The number of carbonyl (C=O) groups excluding carboxylic acids is 1. The molecule has 0 spiro atoms. The first kappa shape index (κ1) is 17.8. The molecule has 1 aromatic heterocycles. The molecule has 0 aliphatic heterocycles. The topological polar surface area (TPSA) is 51.7 Å². The highest BCUT2D eigenvalue weighted by Gasteiger charge is 2.26. The Morgan fingerprint density at radius 1 is 1.21 bits per heavy atom. The third kappa shape index (κ3) is 4.72. The first-order valence-corrected chi connectivity index (χ1v) is 7.99. The van der Waals surface area contributed by atoms with Gasteiger partial charge in [0, 0.05) is 12.3 Å². The molecule has 0 aliphatic carbocycles. The second kappa shape index (κ2) is 7.34. The van der Waals surface area contributed by atoms with Crippen molar-refractivity contribution in [2.45, 2.75) is 40.2 Å². The fourth-order valence-electron chi connectivity index (χ4n) is 2.16. The Balaban J connectivity index is 2.46. The van der Waals surface area contributed by atoms with Crippen molar-refractivity contribution >= 4 is 17.6 Å². The van der Waals surface area contributed by atoms with Gasteiger partial charge in [0.05, 0.1) is 12.3 Å². The van der Waals surface area contributed by atoms with Gasteiger partial charge in [-0.05, 0) is 64.4 Å². The predicted molar refractivity (Wildman–Crippen MR) is 95.0 cm³/mol. The quantitative estimate of drug-likeness (QED) is 0.804. The van der Waals surface area contributed by atoms with Crippen molar-refractivity contribution in [1.29, 1.82) is 0 Å². The number of benzene rings is 1. The second-order valence-corrected chi connectivity index (χ2v) is 6.44. The number of carbonyl (C=O) groups is 1. The molecule has 0 unspecified atom stereocenters. The fraction of sp³-hybridized carbons (Fsp3) is 0.368. The van der Waals surface area contributed by atoms with E-state index in [9.17, 15) is 4.79 Å². The molecule has 5 nitrogen and oxygen atoms in total. The molecule has 0 radical (unpaired) electrons. The number of aromatic nitrogens is 1. The third-order valence-corrected chi connectivity index (χ3v) is 3.09. The van der Waals surface area contributed by atoms with E-state index in [-0.39, 0.29) is 0 Å². The van der Waals surface area contributed by atoms with E-state index in [1.165, 1.54) is 4.90 Å². The number of anilines is 2. The Morgan fingerprint density at radius 3 is 2.58 bits per heavy atom. The van der Waals surface area contributed by atoms with Gasteiger partial charge in [0.2, 0.25) is 0 Å². The Hall–Kier alpha value is -2.56. The molecule has 5 heteroatoms. The van der Waals surface area contributed by atoms with Gasteiger partial charge in [-0.3, -0.25) is 0 Å². The molecule has 0 saturated heterocycles. The molecule has 0 saturated carbocycles. The Bertz CT molecular complexity index is 708. The van der Waals surface area contributed by atoms with Crippen molar-refractivity contribution in [1.82, 2.24) is 4.98 Å². The molecule has 0 atom stereocenters. The van der Waals surface area contributed by atoms with Crippen LogP contribution in [0.4, 0.5) is 16.3 Å². The molecule has 24 heavy (non-hydrogen) atoms. The van der Waals surface area contributed by atoms with Crippen LogP contribution in [-0.2, 0) is 4.74 Å². The van der Waals surface area contributed by atoms with E-state index in [0.717, 1.165) is 5.56 Å². The maximum Gasteiger partial charge on any atom is 0.420 e. The predicted octanol–water partition coefficient (Wildman–Crippen LogP) is 4.86. The van der Waals surface area contributed by atoms with Gasteiger partial charge in [0.15, 0.2) is 0 Å². The van der Waals surface area contributed by atoms with Crippen LogP contribution in [0.2, 0.25) is 0 Å². The van der Waals surface area contributed by atoms with Crippen LogP contribution < -0.4 is 9.64 Å². The van der Waals surface area contributed by atoms with Crippen LogP contribution in [0.1, 0.15) is 33.3 Å². The summed E-state index contributed by atoms with van der Waals surface area (Å²) in [6.07, 6.45) is 1.20. The van der Waals surface area contributed by atoms with Gasteiger partial charge < -0.3 is 9.47 Å². The van der Waals surface area contributed by atoms with E-state index < -0.39 is 11.7 Å². The zero-order chi connectivity index (χ0) is 17.7. The zero-order valence-corrected chi connectivity index (χ0v) is 14.9. The molecule has 0 fully saturated rings. The number of hydrogen-bond donors (Lipinski definition) is 0. The number of ether oxygens (including phenoxy) is 2. The first-order chi connectivity index (χ1) is 11.3. The van der Waals surface area contributed by atoms with Crippen LogP contribution in [0, 0.1) is 6.92 Å². The molecule has 1 amide bonds.